The minimum Gasteiger partial charge on any atom is -0.399 e. The fourth-order valence-corrected chi connectivity index (χ4v) is 1.32. The highest BCUT2D eigenvalue weighted by atomic mass is 19.4. The van der Waals surface area contributed by atoms with Gasteiger partial charge in [0.1, 0.15) is 0 Å². The fourth-order valence-electron chi connectivity index (χ4n) is 1.32. The lowest BCUT2D eigenvalue weighted by Gasteiger charge is -2.32. The highest BCUT2D eigenvalue weighted by Crippen LogP contribution is 2.38. The maximum absolute atomic E-state index is 12.0. The van der Waals surface area contributed by atoms with E-state index in [2.05, 4.69) is 0 Å². The smallest absolute Gasteiger partial charge is 0.399 e. The first-order chi connectivity index (χ1) is 7.98. The molecule has 0 saturated carbocycles. The minimum absolute atomic E-state index is 0.0222. The molecule has 1 aliphatic heterocycles. The van der Waals surface area contributed by atoms with Crippen molar-refractivity contribution in [2.24, 2.45) is 0 Å². The van der Waals surface area contributed by atoms with Crippen molar-refractivity contribution in [3.05, 3.63) is 11.7 Å². The summed E-state index contributed by atoms with van der Waals surface area (Å²) in [5.41, 5.74) is -1.33. The maximum Gasteiger partial charge on any atom is 0.497 e. The third kappa shape index (κ3) is 3.26. The second-order valence-electron chi connectivity index (χ2n) is 5.02. The zero-order chi connectivity index (χ0) is 14.2. The first-order valence-corrected chi connectivity index (χ1v) is 5.39. The monoisotopic (exact) mass is 264 g/mol. The highest BCUT2D eigenvalue weighted by molar-refractivity contribution is 6.60. The molecule has 0 aromatic heterocycles. The maximum atomic E-state index is 12.0. The molecule has 0 aromatic carbocycles. The zero-order valence-corrected chi connectivity index (χ0v) is 10.7. The van der Waals surface area contributed by atoms with Crippen molar-refractivity contribution in [1.82, 2.24) is 5.32 Å². The Morgan fingerprint density at radius 3 is 1.94 bits per heavy atom. The molecule has 0 spiro atoms. The van der Waals surface area contributed by atoms with Gasteiger partial charge in [0.05, 0.1) is 11.2 Å². The predicted molar refractivity (Wildman–Crippen MR) is 62.1 cm³/mol. The zero-order valence-electron chi connectivity index (χ0n) is 10.7. The lowest BCUT2D eigenvalue weighted by atomic mass is 9.79. The number of nitrogens with one attached hydrogen (secondary N) is 2. The molecular formula is C10H16BF3N2O2. The van der Waals surface area contributed by atoms with Gasteiger partial charge in [0, 0.05) is 17.9 Å². The Balaban J connectivity index is 2.84. The Hall–Kier alpha value is -1.02. The van der Waals surface area contributed by atoms with Crippen LogP contribution in [-0.2, 0) is 9.31 Å². The number of allylic oxidation sites excluding steroid dienone is 1. The largest absolute Gasteiger partial charge is 0.497 e. The van der Waals surface area contributed by atoms with E-state index in [1.807, 2.05) is 0 Å². The first kappa shape index (κ1) is 15.0. The molecule has 2 N–H and O–H groups in total. The number of hydrogen-bond acceptors (Lipinski definition) is 4. The molecule has 1 saturated heterocycles. The quantitative estimate of drug-likeness (QED) is 0.467. The first-order valence-electron chi connectivity index (χ1n) is 5.39. The molecule has 1 aliphatic rings. The van der Waals surface area contributed by atoms with Crippen LogP contribution in [-0.4, -0.2) is 30.8 Å². The fraction of sp³-hybridized carbons (Fsp3) is 0.700. The molecule has 0 unspecified atom stereocenters. The van der Waals surface area contributed by atoms with Gasteiger partial charge in [-0.25, -0.2) is 0 Å². The van der Waals surface area contributed by atoms with E-state index in [1.165, 1.54) is 5.32 Å². The SMILES string of the molecule is CC1(C)OB(/C(C=N)=C/NC(F)(F)F)OC1(C)C. The van der Waals surface area contributed by atoms with Crippen LogP contribution in [0, 0.1) is 5.41 Å². The molecule has 102 valence electrons. The molecule has 0 bridgehead atoms. The molecule has 0 atom stereocenters. The molecule has 8 heteroatoms. The van der Waals surface area contributed by atoms with Gasteiger partial charge >= 0.3 is 13.4 Å². The molecule has 0 radical (unpaired) electrons. The van der Waals surface area contributed by atoms with E-state index in [-0.39, 0.29) is 5.47 Å². The number of hydrogen-bond donors (Lipinski definition) is 2. The van der Waals surface area contributed by atoms with E-state index in [0.717, 1.165) is 6.21 Å². The summed E-state index contributed by atoms with van der Waals surface area (Å²) in [4.78, 5) is 0. The van der Waals surface area contributed by atoms with Crippen molar-refractivity contribution < 1.29 is 22.5 Å². The Morgan fingerprint density at radius 1 is 1.17 bits per heavy atom. The lowest BCUT2D eigenvalue weighted by molar-refractivity contribution is -0.146. The lowest BCUT2D eigenvalue weighted by Crippen LogP contribution is -2.41. The number of rotatable bonds is 3. The van der Waals surface area contributed by atoms with Gasteiger partial charge in [-0.15, -0.1) is 0 Å². The third-order valence-electron chi connectivity index (χ3n) is 3.09. The van der Waals surface area contributed by atoms with Gasteiger partial charge in [0.15, 0.2) is 0 Å². The summed E-state index contributed by atoms with van der Waals surface area (Å²) in [6.45, 7) is 7.13. The number of halogens is 3. The molecule has 18 heavy (non-hydrogen) atoms. The summed E-state index contributed by atoms with van der Waals surface area (Å²) in [6.07, 6.45) is -3.09. The van der Waals surface area contributed by atoms with Crippen molar-refractivity contribution in [3.63, 3.8) is 0 Å². The highest BCUT2D eigenvalue weighted by Gasteiger charge is 2.52. The van der Waals surface area contributed by atoms with E-state index in [1.54, 1.807) is 27.7 Å². The summed E-state index contributed by atoms with van der Waals surface area (Å²) in [6, 6.07) is 0. The van der Waals surface area contributed by atoms with E-state index >= 15 is 0 Å². The van der Waals surface area contributed by atoms with Crippen molar-refractivity contribution >= 4 is 13.3 Å². The predicted octanol–water partition coefficient (Wildman–Crippen LogP) is 2.26. The Kier molecular flexibility index (Phi) is 3.83. The van der Waals surface area contributed by atoms with Gasteiger partial charge in [0.2, 0.25) is 0 Å². The second-order valence-corrected chi connectivity index (χ2v) is 5.02. The van der Waals surface area contributed by atoms with E-state index in [9.17, 15) is 13.2 Å². The summed E-state index contributed by atoms with van der Waals surface area (Å²) in [7, 11) is -0.984. The Bertz CT molecular complexity index is 351. The molecule has 1 rings (SSSR count). The van der Waals surface area contributed by atoms with Crippen LogP contribution in [0.5, 0.6) is 0 Å². The van der Waals surface area contributed by atoms with Gasteiger partial charge in [-0.2, -0.15) is 13.2 Å². The van der Waals surface area contributed by atoms with Gasteiger partial charge < -0.3 is 20.0 Å². The summed E-state index contributed by atoms with van der Waals surface area (Å²) in [5.74, 6) is 0. The molecular weight excluding hydrogens is 248 g/mol. The van der Waals surface area contributed by atoms with Crippen LogP contribution >= 0.6 is 0 Å². The normalized spacial score (nSPS) is 23.1. The van der Waals surface area contributed by atoms with Crippen LogP contribution in [0.25, 0.3) is 0 Å². The molecule has 1 heterocycles. The molecule has 0 amide bonds. The van der Waals surface area contributed by atoms with Crippen LogP contribution in [0.2, 0.25) is 0 Å². The molecule has 0 aromatic rings. The van der Waals surface area contributed by atoms with E-state index in [0.29, 0.717) is 6.20 Å². The summed E-state index contributed by atoms with van der Waals surface area (Å²) in [5, 5.41) is 8.36. The average Bonchev–Trinajstić information content (AvgIpc) is 2.35. The number of alkyl halides is 3. The van der Waals surface area contributed by atoms with Crippen LogP contribution < -0.4 is 5.32 Å². The van der Waals surface area contributed by atoms with Crippen molar-refractivity contribution in [3.8, 4) is 0 Å². The van der Waals surface area contributed by atoms with Gasteiger partial charge in [0.25, 0.3) is 0 Å². The Morgan fingerprint density at radius 2 is 1.61 bits per heavy atom. The van der Waals surface area contributed by atoms with Crippen LogP contribution in [0.4, 0.5) is 13.2 Å². The van der Waals surface area contributed by atoms with Crippen LogP contribution in [0.15, 0.2) is 11.7 Å². The van der Waals surface area contributed by atoms with Gasteiger partial charge in [-0.1, -0.05) is 0 Å². The molecule has 4 nitrogen and oxygen atoms in total. The van der Waals surface area contributed by atoms with Gasteiger partial charge in [-0.05, 0) is 27.7 Å². The standard InChI is InChI=1S/C10H16BF3N2O2/c1-8(2)9(3,4)18-11(17-8)7(5-15)6-16-10(12,13)14/h5-6,15-16H,1-4H3/b7-6+,15-5?. The summed E-state index contributed by atoms with van der Waals surface area (Å²) >= 11 is 0. The topological polar surface area (TPSA) is 54.3 Å². The molecule has 1 fully saturated rings. The van der Waals surface area contributed by atoms with Gasteiger partial charge in [-0.3, -0.25) is 0 Å². The van der Waals surface area contributed by atoms with Crippen molar-refractivity contribution in [1.29, 1.82) is 5.41 Å². The average molecular weight is 264 g/mol. The van der Waals surface area contributed by atoms with Crippen LogP contribution in [0.3, 0.4) is 0 Å². The van der Waals surface area contributed by atoms with Crippen LogP contribution in [0.1, 0.15) is 27.7 Å². The molecule has 0 aliphatic carbocycles. The van der Waals surface area contributed by atoms with Crippen molar-refractivity contribution in [2.75, 3.05) is 0 Å². The minimum atomic E-state index is -4.54. The van der Waals surface area contributed by atoms with E-state index in [4.69, 9.17) is 14.7 Å². The van der Waals surface area contributed by atoms with Crippen molar-refractivity contribution in [2.45, 2.75) is 45.2 Å². The summed E-state index contributed by atoms with van der Waals surface area (Å²) < 4.78 is 47.2. The second kappa shape index (κ2) is 4.58. The third-order valence-corrected chi connectivity index (χ3v) is 3.09. The Labute approximate surface area is 104 Å². The van der Waals surface area contributed by atoms with E-state index < -0.39 is 24.6 Å².